The van der Waals surface area contributed by atoms with Gasteiger partial charge in [-0.1, -0.05) is 42.3 Å². The third kappa shape index (κ3) is 5.48. The largest absolute Gasteiger partial charge is 0.506 e. The van der Waals surface area contributed by atoms with Crippen LogP contribution >= 0.6 is 11.6 Å². The fourth-order valence-corrected chi connectivity index (χ4v) is 5.03. The van der Waals surface area contributed by atoms with Crippen LogP contribution < -0.4 is 10.4 Å². The average Bonchev–Trinajstić information content (AvgIpc) is 2.91. The summed E-state index contributed by atoms with van der Waals surface area (Å²) in [5.41, 5.74) is 2.19. The van der Waals surface area contributed by atoms with Crippen LogP contribution in [-0.4, -0.2) is 36.2 Å². The number of rotatable bonds is 7. The van der Waals surface area contributed by atoms with Crippen molar-refractivity contribution in [1.29, 1.82) is 5.26 Å². The number of ether oxygens (including phenoxy) is 1. The van der Waals surface area contributed by atoms with Crippen molar-refractivity contribution in [1.82, 2.24) is 4.90 Å². The standard InChI is InChI=1S/C30H27ClN2O4/c31-22-8-6-21(7-9-22)28-25(24-12-13-27(34)26(19-32)29(24)37-30(28)35)18-20-4-10-23(11-5-20)36-17-16-33-14-2-1-3-15-33/h4-13,34H,1-3,14-18H2. The van der Waals surface area contributed by atoms with E-state index >= 15 is 0 Å². The minimum Gasteiger partial charge on any atom is -0.506 e. The molecule has 1 aliphatic heterocycles. The van der Waals surface area contributed by atoms with Crippen molar-refractivity contribution in [2.75, 3.05) is 26.2 Å². The molecule has 2 heterocycles. The molecule has 4 aromatic rings. The molecule has 0 spiro atoms. The van der Waals surface area contributed by atoms with Gasteiger partial charge in [-0.15, -0.1) is 0 Å². The van der Waals surface area contributed by atoms with Gasteiger partial charge in [0.25, 0.3) is 0 Å². The maximum atomic E-state index is 13.2. The lowest BCUT2D eigenvalue weighted by Crippen LogP contribution is -2.33. The van der Waals surface area contributed by atoms with Crippen LogP contribution in [0.2, 0.25) is 5.02 Å². The number of benzene rings is 3. The molecule has 1 aliphatic rings. The third-order valence-corrected chi connectivity index (χ3v) is 7.09. The number of aromatic hydroxyl groups is 1. The summed E-state index contributed by atoms with van der Waals surface area (Å²) >= 11 is 6.08. The Balaban J connectivity index is 1.46. The Morgan fingerprint density at radius 2 is 1.73 bits per heavy atom. The lowest BCUT2D eigenvalue weighted by molar-refractivity contribution is 0.183. The van der Waals surface area contributed by atoms with E-state index in [-0.39, 0.29) is 16.9 Å². The van der Waals surface area contributed by atoms with Gasteiger partial charge in [-0.2, -0.15) is 5.26 Å². The van der Waals surface area contributed by atoms with Crippen LogP contribution in [0.5, 0.6) is 11.5 Å². The topological polar surface area (TPSA) is 86.7 Å². The zero-order valence-corrected chi connectivity index (χ0v) is 21.1. The SMILES string of the molecule is N#Cc1c(O)ccc2c(Cc3ccc(OCCN4CCCCC4)cc3)c(-c3ccc(Cl)cc3)c(=O)oc12. The Kier molecular flexibility index (Phi) is 7.45. The average molecular weight is 515 g/mol. The number of hydrogen-bond acceptors (Lipinski definition) is 6. The maximum absolute atomic E-state index is 13.2. The quantitative estimate of drug-likeness (QED) is 0.298. The first-order valence-electron chi connectivity index (χ1n) is 12.5. The first-order valence-corrected chi connectivity index (χ1v) is 12.8. The van der Waals surface area contributed by atoms with Crippen LogP contribution in [0.25, 0.3) is 22.1 Å². The van der Waals surface area contributed by atoms with E-state index in [4.69, 9.17) is 20.8 Å². The second-order valence-electron chi connectivity index (χ2n) is 9.27. The van der Waals surface area contributed by atoms with Gasteiger partial charge >= 0.3 is 5.63 Å². The Morgan fingerprint density at radius 3 is 2.43 bits per heavy atom. The van der Waals surface area contributed by atoms with Crippen molar-refractivity contribution in [2.45, 2.75) is 25.7 Å². The maximum Gasteiger partial charge on any atom is 0.344 e. The highest BCUT2D eigenvalue weighted by molar-refractivity contribution is 6.30. The van der Waals surface area contributed by atoms with Crippen molar-refractivity contribution in [2.24, 2.45) is 0 Å². The molecule has 37 heavy (non-hydrogen) atoms. The zero-order chi connectivity index (χ0) is 25.8. The van der Waals surface area contributed by atoms with Crippen molar-refractivity contribution >= 4 is 22.6 Å². The first kappa shape index (κ1) is 24.9. The molecule has 0 amide bonds. The molecular weight excluding hydrogens is 488 g/mol. The van der Waals surface area contributed by atoms with E-state index in [1.54, 1.807) is 30.3 Å². The molecule has 0 radical (unpaired) electrons. The van der Waals surface area contributed by atoms with Crippen LogP contribution in [0.15, 0.2) is 69.9 Å². The van der Waals surface area contributed by atoms with E-state index in [1.807, 2.05) is 30.3 Å². The van der Waals surface area contributed by atoms with E-state index in [1.165, 1.54) is 25.3 Å². The minimum absolute atomic E-state index is 0.0593. The number of nitriles is 1. The Labute approximate surface area is 220 Å². The van der Waals surface area contributed by atoms with Crippen LogP contribution in [0.4, 0.5) is 0 Å². The van der Waals surface area contributed by atoms with Gasteiger partial charge in [0.1, 0.15) is 29.7 Å². The highest BCUT2D eigenvalue weighted by Crippen LogP contribution is 2.34. The summed E-state index contributed by atoms with van der Waals surface area (Å²) in [7, 11) is 0. The lowest BCUT2D eigenvalue weighted by Gasteiger charge is -2.26. The van der Waals surface area contributed by atoms with E-state index in [9.17, 15) is 15.2 Å². The normalized spacial score (nSPS) is 13.9. The van der Waals surface area contributed by atoms with Gasteiger partial charge in [-0.25, -0.2) is 4.79 Å². The van der Waals surface area contributed by atoms with Crippen molar-refractivity contribution in [3.8, 4) is 28.7 Å². The smallest absolute Gasteiger partial charge is 0.344 e. The number of hydrogen-bond donors (Lipinski definition) is 1. The van der Waals surface area contributed by atoms with Gasteiger partial charge < -0.3 is 14.3 Å². The monoisotopic (exact) mass is 514 g/mol. The van der Waals surface area contributed by atoms with E-state index < -0.39 is 5.63 Å². The van der Waals surface area contributed by atoms with Crippen molar-refractivity contribution in [3.63, 3.8) is 0 Å². The second kappa shape index (κ2) is 11.1. The third-order valence-electron chi connectivity index (χ3n) is 6.84. The fraction of sp³-hybridized carbons (Fsp3) is 0.267. The number of halogens is 1. The summed E-state index contributed by atoms with van der Waals surface area (Å²) in [4.78, 5) is 15.6. The molecular formula is C30H27ClN2O4. The number of phenolic OH excluding ortho intramolecular Hbond substituents is 1. The number of piperidine rings is 1. The molecule has 5 rings (SSSR count). The molecule has 0 saturated carbocycles. The lowest BCUT2D eigenvalue weighted by atomic mass is 9.92. The van der Waals surface area contributed by atoms with Gasteiger partial charge in [0.2, 0.25) is 0 Å². The molecule has 0 aliphatic carbocycles. The van der Waals surface area contributed by atoms with Crippen LogP contribution in [0.3, 0.4) is 0 Å². The van der Waals surface area contributed by atoms with Crippen LogP contribution in [0, 0.1) is 11.3 Å². The summed E-state index contributed by atoms with van der Waals surface area (Å²) in [6, 6.07) is 19.9. The number of fused-ring (bicyclic) bond motifs is 1. The van der Waals surface area contributed by atoms with Crippen LogP contribution in [0.1, 0.15) is 36.0 Å². The fourth-order valence-electron chi connectivity index (χ4n) is 4.90. The molecule has 6 nitrogen and oxygen atoms in total. The van der Waals surface area contributed by atoms with Gasteiger partial charge in [0.15, 0.2) is 5.58 Å². The molecule has 188 valence electrons. The molecule has 1 aromatic heterocycles. The molecule has 1 saturated heterocycles. The summed E-state index contributed by atoms with van der Waals surface area (Å²) in [6.07, 6.45) is 4.25. The first-order chi connectivity index (χ1) is 18.0. The summed E-state index contributed by atoms with van der Waals surface area (Å²) in [6.45, 7) is 3.85. The molecule has 0 bridgehead atoms. The minimum atomic E-state index is -0.579. The molecule has 1 N–H and O–H groups in total. The molecule has 3 aromatic carbocycles. The molecule has 1 fully saturated rings. The highest BCUT2D eigenvalue weighted by Gasteiger charge is 2.20. The van der Waals surface area contributed by atoms with E-state index in [0.29, 0.717) is 40.1 Å². The summed E-state index contributed by atoms with van der Waals surface area (Å²) in [5.74, 6) is 0.571. The molecule has 0 unspecified atom stereocenters. The zero-order valence-electron chi connectivity index (χ0n) is 20.4. The molecule has 0 atom stereocenters. The molecule has 7 heteroatoms. The highest BCUT2D eigenvalue weighted by atomic mass is 35.5. The van der Waals surface area contributed by atoms with E-state index in [0.717, 1.165) is 30.9 Å². The van der Waals surface area contributed by atoms with Crippen molar-refractivity contribution < 1.29 is 14.3 Å². The van der Waals surface area contributed by atoms with Gasteiger partial charge in [-0.05, 0) is 85.4 Å². The second-order valence-corrected chi connectivity index (χ2v) is 9.71. The summed E-state index contributed by atoms with van der Waals surface area (Å²) in [5, 5.41) is 20.9. The van der Waals surface area contributed by atoms with Gasteiger partial charge in [0, 0.05) is 17.0 Å². The number of likely N-dealkylation sites (tertiary alicyclic amines) is 1. The van der Waals surface area contributed by atoms with Gasteiger partial charge in [-0.3, -0.25) is 4.90 Å². The summed E-state index contributed by atoms with van der Waals surface area (Å²) < 4.78 is 11.5. The predicted molar refractivity (Wildman–Crippen MR) is 144 cm³/mol. The number of phenols is 1. The Morgan fingerprint density at radius 1 is 1.00 bits per heavy atom. The van der Waals surface area contributed by atoms with Crippen LogP contribution in [-0.2, 0) is 6.42 Å². The number of nitrogens with zero attached hydrogens (tertiary/aromatic N) is 2. The van der Waals surface area contributed by atoms with E-state index in [2.05, 4.69) is 4.90 Å². The van der Waals surface area contributed by atoms with Crippen molar-refractivity contribution in [3.05, 3.63) is 92.8 Å². The Hall–Kier alpha value is -3.79. The van der Waals surface area contributed by atoms with Gasteiger partial charge in [0.05, 0.1) is 5.56 Å². The predicted octanol–water partition coefficient (Wildman–Crippen LogP) is 6.15. The Bertz CT molecular complexity index is 1500.